The first kappa shape index (κ1) is 18.1. The van der Waals surface area contributed by atoms with Gasteiger partial charge in [0.25, 0.3) is 11.7 Å². The van der Waals surface area contributed by atoms with E-state index in [4.69, 9.17) is 14.2 Å². The van der Waals surface area contributed by atoms with Gasteiger partial charge in [0.05, 0.1) is 0 Å². The summed E-state index contributed by atoms with van der Waals surface area (Å²) in [6, 6.07) is 14.6. The zero-order valence-electron chi connectivity index (χ0n) is 15.4. The van der Waals surface area contributed by atoms with E-state index in [1.807, 2.05) is 30.3 Å². The Morgan fingerprint density at radius 3 is 2.57 bits per heavy atom. The number of rotatable bonds is 5. The summed E-state index contributed by atoms with van der Waals surface area (Å²) in [4.78, 5) is 23.8. The molecule has 6 nitrogen and oxygen atoms in total. The number of esters is 1. The molecule has 1 N–H and O–H groups in total. The predicted molar refractivity (Wildman–Crippen MR) is 104 cm³/mol. The maximum atomic E-state index is 12.1. The molecule has 0 bridgehead atoms. The molecular formula is C22H21NO5. The van der Waals surface area contributed by atoms with Crippen molar-refractivity contribution in [3.8, 4) is 11.5 Å². The Hall–Kier alpha value is -3.28. The molecule has 1 aliphatic heterocycles. The van der Waals surface area contributed by atoms with E-state index in [-0.39, 0.29) is 6.61 Å². The van der Waals surface area contributed by atoms with E-state index in [2.05, 4.69) is 5.32 Å². The van der Waals surface area contributed by atoms with Gasteiger partial charge in [-0.05, 0) is 36.6 Å². The van der Waals surface area contributed by atoms with Crippen LogP contribution < -0.4 is 14.8 Å². The van der Waals surface area contributed by atoms with Gasteiger partial charge in [0.2, 0.25) is 0 Å². The third-order valence-corrected chi connectivity index (χ3v) is 4.74. The minimum Gasteiger partial charge on any atom is -0.452 e. The number of ether oxygens (including phenoxy) is 3. The molecule has 1 aliphatic carbocycles. The summed E-state index contributed by atoms with van der Waals surface area (Å²) < 4.78 is 16.9. The van der Waals surface area contributed by atoms with Crippen molar-refractivity contribution in [3.63, 3.8) is 0 Å². The van der Waals surface area contributed by atoms with Crippen LogP contribution in [0.4, 0.5) is 5.69 Å². The first-order valence-corrected chi connectivity index (χ1v) is 9.34. The van der Waals surface area contributed by atoms with E-state index in [1.54, 1.807) is 24.3 Å². The number of benzene rings is 2. The molecule has 1 heterocycles. The van der Waals surface area contributed by atoms with E-state index in [0.717, 1.165) is 31.2 Å². The highest BCUT2D eigenvalue weighted by Gasteiger charge is 2.44. The van der Waals surface area contributed by atoms with Crippen LogP contribution in [0.25, 0.3) is 6.08 Å². The standard InChI is InChI=1S/C22H21NO5/c24-20(15-26-21(25)11-8-16-6-2-1-3-7-16)23-17-9-10-18-19(14-17)28-22(27-18)12-4-5-13-22/h1-3,6-11,14H,4-5,12-13,15H2,(H,23,24)/b11-8+. The number of anilines is 1. The minimum absolute atomic E-state index is 0.365. The van der Waals surface area contributed by atoms with Crippen molar-refractivity contribution in [3.05, 3.63) is 60.2 Å². The van der Waals surface area contributed by atoms with Crippen LogP contribution in [0.15, 0.2) is 54.6 Å². The summed E-state index contributed by atoms with van der Waals surface area (Å²) in [5, 5.41) is 2.70. The Bertz CT molecular complexity index is 900. The van der Waals surface area contributed by atoms with Gasteiger partial charge in [0, 0.05) is 30.7 Å². The lowest BCUT2D eigenvalue weighted by Gasteiger charge is -2.21. The largest absolute Gasteiger partial charge is 0.452 e. The topological polar surface area (TPSA) is 73.9 Å². The maximum Gasteiger partial charge on any atom is 0.331 e. The molecule has 144 valence electrons. The molecule has 0 atom stereocenters. The van der Waals surface area contributed by atoms with Crippen LogP contribution >= 0.6 is 0 Å². The van der Waals surface area contributed by atoms with Crippen molar-refractivity contribution in [2.24, 2.45) is 0 Å². The number of carbonyl (C=O) groups excluding carboxylic acids is 2. The zero-order valence-corrected chi connectivity index (χ0v) is 15.4. The molecule has 2 aliphatic rings. The van der Waals surface area contributed by atoms with Crippen LogP contribution in [0.5, 0.6) is 11.5 Å². The van der Waals surface area contributed by atoms with Gasteiger partial charge in [-0.3, -0.25) is 4.79 Å². The second-order valence-electron chi connectivity index (χ2n) is 6.88. The highest BCUT2D eigenvalue weighted by atomic mass is 16.7. The Labute approximate surface area is 163 Å². The van der Waals surface area contributed by atoms with Crippen molar-refractivity contribution in [2.45, 2.75) is 31.5 Å². The number of amides is 1. The molecule has 0 radical (unpaired) electrons. The van der Waals surface area contributed by atoms with E-state index >= 15 is 0 Å². The fraction of sp³-hybridized carbons (Fsp3) is 0.273. The molecule has 1 fully saturated rings. The monoisotopic (exact) mass is 379 g/mol. The SMILES string of the molecule is O=C(COC(=O)/C=C/c1ccccc1)Nc1ccc2c(c1)OC1(CCCC1)O2. The van der Waals surface area contributed by atoms with Gasteiger partial charge < -0.3 is 19.5 Å². The lowest BCUT2D eigenvalue weighted by molar-refractivity contribution is -0.142. The van der Waals surface area contributed by atoms with E-state index < -0.39 is 17.7 Å². The van der Waals surface area contributed by atoms with Crippen molar-refractivity contribution in [1.29, 1.82) is 0 Å². The summed E-state index contributed by atoms with van der Waals surface area (Å²) in [5.41, 5.74) is 1.45. The third kappa shape index (κ3) is 4.17. The van der Waals surface area contributed by atoms with E-state index in [9.17, 15) is 9.59 Å². The second kappa shape index (κ2) is 7.76. The molecule has 4 rings (SSSR count). The number of nitrogens with one attached hydrogen (secondary N) is 1. The molecule has 1 amide bonds. The van der Waals surface area contributed by atoms with Crippen LogP contribution in [0, 0.1) is 0 Å². The molecule has 1 saturated carbocycles. The Morgan fingerprint density at radius 1 is 1.04 bits per heavy atom. The van der Waals surface area contributed by atoms with Crippen molar-refractivity contribution >= 4 is 23.6 Å². The molecule has 0 unspecified atom stereocenters. The van der Waals surface area contributed by atoms with Crippen LogP contribution in [-0.4, -0.2) is 24.3 Å². The molecule has 1 spiro atoms. The quantitative estimate of drug-likeness (QED) is 0.630. The van der Waals surface area contributed by atoms with E-state index in [1.165, 1.54) is 6.08 Å². The van der Waals surface area contributed by atoms with Crippen molar-refractivity contribution < 1.29 is 23.8 Å². The molecular weight excluding hydrogens is 358 g/mol. The van der Waals surface area contributed by atoms with Crippen LogP contribution in [-0.2, 0) is 14.3 Å². The van der Waals surface area contributed by atoms with Crippen molar-refractivity contribution in [2.75, 3.05) is 11.9 Å². The Morgan fingerprint density at radius 2 is 1.79 bits per heavy atom. The molecule has 0 saturated heterocycles. The normalized spacial score (nSPS) is 16.4. The summed E-state index contributed by atoms with van der Waals surface area (Å²) in [6.07, 6.45) is 6.84. The van der Waals surface area contributed by atoms with Crippen LogP contribution in [0.2, 0.25) is 0 Å². The smallest absolute Gasteiger partial charge is 0.331 e. The number of hydrogen-bond donors (Lipinski definition) is 1. The van der Waals surface area contributed by atoms with Gasteiger partial charge in [-0.15, -0.1) is 0 Å². The number of fused-ring (bicyclic) bond motifs is 1. The van der Waals surface area contributed by atoms with Crippen molar-refractivity contribution in [1.82, 2.24) is 0 Å². The fourth-order valence-corrected chi connectivity index (χ4v) is 3.40. The molecule has 0 aromatic heterocycles. The first-order chi connectivity index (χ1) is 13.6. The van der Waals surface area contributed by atoms with E-state index in [0.29, 0.717) is 17.2 Å². The van der Waals surface area contributed by atoms with Gasteiger partial charge >= 0.3 is 5.97 Å². The average Bonchev–Trinajstić information content (AvgIpc) is 3.31. The van der Waals surface area contributed by atoms with Gasteiger partial charge in [0.15, 0.2) is 18.1 Å². The highest BCUT2D eigenvalue weighted by molar-refractivity contribution is 5.94. The Kier molecular flexibility index (Phi) is 5.02. The molecule has 2 aromatic rings. The zero-order chi connectivity index (χ0) is 19.4. The minimum atomic E-state index is -0.576. The summed E-state index contributed by atoms with van der Waals surface area (Å²) >= 11 is 0. The van der Waals surface area contributed by atoms with Crippen LogP contribution in [0.3, 0.4) is 0 Å². The van der Waals surface area contributed by atoms with Gasteiger partial charge in [-0.2, -0.15) is 0 Å². The van der Waals surface area contributed by atoms with Gasteiger partial charge in [-0.1, -0.05) is 30.3 Å². The molecule has 28 heavy (non-hydrogen) atoms. The molecule has 2 aromatic carbocycles. The summed E-state index contributed by atoms with van der Waals surface area (Å²) in [7, 11) is 0. The van der Waals surface area contributed by atoms with Crippen LogP contribution in [0.1, 0.15) is 31.2 Å². The second-order valence-corrected chi connectivity index (χ2v) is 6.88. The number of carbonyl (C=O) groups is 2. The molecule has 6 heteroatoms. The first-order valence-electron chi connectivity index (χ1n) is 9.34. The lowest BCUT2D eigenvalue weighted by atomic mass is 10.2. The lowest BCUT2D eigenvalue weighted by Crippen LogP contribution is -2.34. The third-order valence-electron chi connectivity index (χ3n) is 4.74. The fourth-order valence-electron chi connectivity index (χ4n) is 3.40. The predicted octanol–water partition coefficient (Wildman–Crippen LogP) is 3.92. The Balaban J connectivity index is 1.28. The maximum absolute atomic E-state index is 12.1. The number of hydrogen-bond acceptors (Lipinski definition) is 5. The average molecular weight is 379 g/mol. The van der Waals surface area contributed by atoms with Gasteiger partial charge in [-0.25, -0.2) is 4.79 Å². The van der Waals surface area contributed by atoms with Gasteiger partial charge in [0.1, 0.15) is 0 Å². The highest BCUT2D eigenvalue weighted by Crippen LogP contribution is 2.47. The summed E-state index contributed by atoms with van der Waals surface area (Å²) in [5.74, 6) is -0.213. The summed E-state index contributed by atoms with van der Waals surface area (Å²) in [6.45, 7) is -0.365.